The van der Waals surface area contributed by atoms with Crippen LogP contribution >= 0.6 is 0 Å². The number of hydrogen-bond donors (Lipinski definition) is 0. The quantitative estimate of drug-likeness (QED) is 0.748. The Morgan fingerprint density at radius 3 is 2.58 bits per heavy atom. The molecule has 0 radical (unpaired) electrons. The molecule has 0 bridgehead atoms. The lowest BCUT2D eigenvalue weighted by Crippen LogP contribution is -2.39. The molecule has 2 aliphatic rings. The zero-order chi connectivity index (χ0) is 13.7. The molecule has 0 aliphatic carbocycles. The molecule has 2 fully saturated rings. The summed E-state index contributed by atoms with van der Waals surface area (Å²) in [6, 6.07) is 0. The van der Waals surface area contributed by atoms with Gasteiger partial charge in [0.15, 0.2) is 0 Å². The SMILES string of the molecule is CC(=O)N(CCC(=O)N1CCCC1)CC1CCCO1. The first kappa shape index (κ1) is 14.3. The number of hydrogen-bond acceptors (Lipinski definition) is 3. The molecule has 2 aliphatic heterocycles. The van der Waals surface area contributed by atoms with E-state index in [1.807, 2.05) is 4.90 Å². The molecule has 19 heavy (non-hydrogen) atoms. The minimum absolute atomic E-state index is 0.0321. The minimum atomic E-state index is 0.0321. The molecular weight excluding hydrogens is 244 g/mol. The van der Waals surface area contributed by atoms with Crippen molar-refractivity contribution < 1.29 is 14.3 Å². The van der Waals surface area contributed by atoms with Crippen LogP contribution in [0.4, 0.5) is 0 Å². The zero-order valence-electron chi connectivity index (χ0n) is 11.8. The van der Waals surface area contributed by atoms with E-state index in [1.165, 1.54) is 0 Å². The van der Waals surface area contributed by atoms with Gasteiger partial charge in [-0.1, -0.05) is 0 Å². The zero-order valence-corrected chi connectivity index (χ0v) is 11.8. The maximum Gasteiger partial charge on any atom is 0.224 e. The highest BCUT2D eigenvalue weighted by Crippen LogP contribution is 2.14. The summed E-state index contributed by atoms with van der Waals surface area (Å²) in [5.41, 5.74) is 0. The predicted octanol–water partition coefficient (Wildman–Crippen LogP) is 1.03. The van der Waals surface area contributed by atoms with Gasteiger partial charge in [0, 0.05) is 46.1 Å². The summed E-state index contributed by atoms with van der Waals surface area (Å²) in [6.07, 6.45) is 4.90. The third-order valence-corrected chi connectivity index (χ3v) is 3.95. The summed E-state index contributed by atoms with van der Waals surface area (Å²) >= 11 is 0. The van der Waals surface area contributed by atoms with Crippen molar-refractivity contribution >= 4 is 11.8 Å². The Balaban J connectivity index is 1.75. The molecule has 1 unspecified atom stereocenters. The third kappa shape index (κ3) is 4.20. The summed E-state index contributed by atoms with van der Waals surface area (Å²) in [5.74, 6) is 0.209. The van der Waals surface area contributed by atoms with Crippen LogP contribution in [0.2, 0.25) is 0 Å². The summed E-state index contributed by atoms with van der Waals surface area (Å²) in [4.78, 5) is 27.2. The Morgan fingerprint density at radius 2 is 2.00 bits per heavy atom. The summed E-state index contributed by atoms with van der Waals surface area (Å²) in [5, 5.41) is 0. The van der Waals surface area contributed by atoms with E-state index in [1.54, 1.807) is 11.8 Å². The standard InChI is InChI=1S/C14H24N2O3/c1-12(17)16(11-13-5-4-10-19-13)9-6-14(18)15-7-2-3-8-15/h13H,2-11H2,1H3. The fourth-order valence-electron chi connectivity index (χ4n) is 2.77. The van der Waals surface area contributed by atoms with Crippen molar-refractivity contribution in [2.24, 2.45) is 0 Å². The molecule has 108 valence electrons. The van der Waals surface area contributed by atoms with Crippen molar-refractivity contribution in [3.05, 3.63) is 0 Å². The van der Waals surface area contributed by atoms with Gasteiger partial charge in [-0.15, -0.1) is 0 Å². The molecule has 0 saturated carbocycles. The number of nitrogens with zero attached hydrogens (tertiary/aromatic N) is 2. The molecule has 1 atom stereocenters. The van der Waals surface area contributed by atoms with Crippen molar-refractivity contribution in [2.45, 2.75) is 45.1 Å². The number of amides is 2. The lowest BCUT2D eigenvalue weighted by Gasteiger charge is -2.25. The molecule has 2 amide bonds. The van der Waals surface area contributed by atoms with Crippen LogP contribution in [0.1, 0.15) is 39.0 Å². The van der Waals surface area contributed by atoms with Gasteiger partial charge in [0.05, 0.1) is 6.10 Å². The van der Waals surface area contributed by atoms with E-state index in [0.29, 0.717) is 19.5 Å². The van der Waals surface area contributed by atoms with E-state index in [9.17, 15) is 9.59 Å². The molecule has 5 heteroatoms. The third-order valence-electron chi connectivity index (χ3n) is 3.95. The van der Waals surface area contributed by atoms with Crippen LogP contribution in [0.3, 0.4) is 0 Å². The molecule has 0 aromatic heterocycles. The van der Waals surface area contributed by atoms with Crippen LogP contribution in [0.15, 0.2) is 0 Å². The van der Waals surface area contributed by atoms with Gasteiger partial charge in [0.1, 0.15) is 0 Å². The van der Waals surface area contributed by atoms with E-state index in [4.69, 9.17) is 4.74 Å². The highest BCUT2D eigenvalue weighted by Gasteiger charge is 2.23. The fraction of sp³-hybridized carbons (Fsp3) is 0.857. The lowest BCUT2D eigenvalue weighted by atomic mass is 10.2. The maximum absolute atomic E-state index is 12.0. The first-order valence-electron chi connectivity index (χ1n) is 7.31. The average molecular weight is 268 g/mol. The van der Waals surface area contributed by atoms with E-state index in [-0.39, 0.29) is 17.9 Å². The van der Waals surface area contributed by atoms with Gasteiger partial charge >= 0.3 is 0 Å². The van der Waals surface area contributed by atoms with Crippen LogP contribution < -0.4 is 0 Å². The van der Waals surface area contributed by atoms with Crippen LogP contribution in [0.25, 0.3) is 0 Å². The van der Waals surface area contributed by atoms with E-state index in [2.05, 4.69) is 0 Å². The Bertz CT molecular complexity index is 321. The van der Waals surface area contributed by atoms with Gasteiger partial charge in [0.25, 0.3) is 0 Å². The molecule has 2 heterocycles. The smallest absolute Gasteiger partial charge is 0.224 e. The largest absolute Gasteiger partial charge is 0.376 e. The number of likely N-dealkylation sites (tertiary alicyclic amines) is 1. The molecular formula is C14H24N2O3. The van der Waals surface area contributed by atoms with Crippen molar-refractivity contribution in [1.82, 2.24) is 9.80 Å². The first-order chi connectivity index (χ1) is 9.16. The van der Waals surface area contributed by atoms with E-state index in [0.717, 1.165) is 45.4 Å². The Labute approximate surface area is 114 Å². The van der Waals surface area contributed by atoms with Gasteiger partial charge in [0.2, 0.25) is 11.8 Å². The Morgan fingerprint density at radius 1 is 1.26 bits per heavy atom. The molecule has 0 N–H and O–H groups in total. The molecule has 5 nitrogen and oxygen atoms in total. The molecule has 0 aromatic carbocycles. The topological polar surface area (TPSA) is 49.9 Å². The fourth-order valence-corrected chi connectivity index (χ4v) is 2.77. The minimum Gasteiger partial charge on any atom is -0.376 e. The maximum atomic E-state index is 12.0. The van der Waals surface area contributed by atoms with Crippen molar-refractivity contribution in [1.29, 1.82) is 0 Å². The summed E-state index contributed by atoms with van der Waals surface area (Å²) < 4.78 is 5.55. The average Bonchev–Trinajstić information content (AvgIpc) is 3.06. The second-order valence-electron chi connectivity index (χ2n) is 5.44. The summed E-state index contributed by atoms with van der Waals surface area (Å²) in [6.45, 7) is 5.26. The Kier molecular flexibility index (Phi) is 5.19. The number of ether oxygens (including phenoxy) is 1. The van der Waals surface area contributed by atoms with Crippen molar-refractivity contribution in [3.63, 3.8) is 0 Å². The highest BCUT2D eigenvalue weighted by molar-refractivity contribution is 5.78. The highest BCUT2D eigenvalue weighted by atomic mass is 16.5. The van der Waals surface area contributed by atoms with Crippen molar-refractivity contribution in [2.75, 3.05) is 32.8 Å². The second-order valence-corrected chi connectivity index (χ2v) is 5.44. The molecule has 0 spiro atoms. The second kappa shape index (κ2) is 6.89. The monoisotopic (exact) mass is 268 g/mol. The van der Waals surface area contributed by atoms with Crippen LogP contribution in [0, 0.1) is 0 Å². The predicted molar refractivity (Wildman–Crippen MR) is 71.7 cm³/mol. The van der Waals surface area contributed by atoms with Gasteiger partial charge in [-0.25, -0.2) is 0 Å². The van der Waals surface area contributed by atoms with E-state index < -0.39 is 0 Å². The Hall–Kier alpha value is -1.10. The van der Waals surface area contributed by atoms with Gasteiger partial charge in [-0.2, -0.15) is 0 Å². The van der Waals surface area contributed by atoms with Crippen LogP contribution in [0.5, 0.6) is 0 Å². The number of carbonyl (C=O) groups is 2. The normalized spacial score (nSPS) is 22.8. The first-order valence-corrected chi connectivity index (χ1v) is 7.31. The molecule has 0 aromatic rings. The van der Waals surface area contributed by atoms with E-state index >= 15 is 0 Å². The number of carbonyl (C=O) groups excluding carboxylic acids is 2. The lowest BCUT2D eigenvalue weighted by molar-refractivity contribution is -0.133. The molecule has 2 rings (SSSR count). The van der Waals surface area contributed by atoms with Gasteiger partial charge < -0.3 is 14.5 Å². The molecule has 2 saturated heterocycles. The van der Waals surface area contributed by atoms with Crippen molar-refractivity contribution in [3.8, 4) is 0 Å². The number of rotatable bonds is 5. The van der Waals surface area contributed by atoms with Crippen LogP contribution in [-0.2, 0) is 14.3 Å². The summed E-state index contributed by atoms with van der Waals surface area (Å²) in [7, 11) is 0. The van der Waals surface area contributed by atoms with Gasteiger partial charge in [-0.3, -0.25) is 9.59 Å². The van der Waals surface area contributed by atoms with Crippen LogP contribution in [-0.4, -0.2) is 60.5 Å². The van der Waals surface area contributed by atoms with Gasteiger partial charge in [-0.05, 0) is 25.7 Å².